The average molecular weight is 467 g/mol. The Morgan fingerprint density at radius 2 is 1.74 bits per heavy atom. The number of aromatic nitrogens is 1. The first-order valence-corrected chi connectivity index (χ1v) is 12.5. The number of ether oxygens (including phenoxy) is 2. The van der Waals surface area contributed by atoms with Crippen molar-refractivity contribution in [2.24, 2.45) is 5.41 Å². The van der Waals surface area contributed by atoms with Gasteiger partial charge in [-0.3, -0.25) is 0 Å². The van der Waals surface area contributed by atoms with E-state index in [2.05, 4.69) is 50.6 Å². The Labute approximate surface area is 203 Å². The van der Waals surface area contributed by atoms with Crippen molar-refractivity contribution in [2.45, 2.75) is 65.8 Å². The van der Waals surface area contributed by atoms with E-state index >= 15 is 4.39 Å². The van der Waals surface area contributed by atoms with Gasteiger partial charge in [-0.1, -0.05) is 27.7 Å². The topological polar surface area (TPSA) is 37.5 Å². The number of halogens is 1. The molecule has 0 spiro atoms. The lowest BCUT2D eigenvalue weighted by Crippen LogP contribution is -2.45. The molecule has 0 amide bonds. The summed E-state index contributed by atoms with van der Waals surface area (Å²) >= 11 is 0. The lowest BCUT2D eigenvalue weighted by atomic mass is 9.83. The summed E-state index contributed by atoms with van der Waals surface area (Å²) < 4.78 is 26.3. The normalized spacial score (nSPS) is 16.7. The minimum atomic E-state index is -0.167. The zero-order valence-electron chi connectivity index (χ0n) is 21.7. The Morgan fingerprint density at radius 3 is 2.32 bits per heavy atom. The molecule has 2 heterocycles. The largest absolute Gasteiger partial charge is 0.493 e. The summed E-state index contributed by atoms with van der Waals surface area (Å²) in [5.74, 6) is 1.57. The van der Waals surface area contributed by atoms with E-state index in [0.717, 1.165) is 60.1 Å². The maximum atomic E-state index is 15.4. The van der Waals surface area contributed by atoms with Crippen LogP contribution in [-0.2, 0) is 6.42 Å². The fourth-order valence-corrected chi connectivity index (χ4v) is 5.34. The molecule has 4 rings (SSSR count). The lowest BCUT2D eigenvalue weighted by molar-refractivity contribution is 0.0865. The Morgan fingerprint density at radius 1 is 1.06 bits per heavy atom. The van der Waals surface area contributed by atoms with Gasteiger partial charge in [0.1, 0.15) is 5.82 Å². The number of nitrogens with one attached hydrogen (secondary N) is 1. The molecule has 3 aromatic rings. The van der Waals surface area contributed by atoms with Crippen molar-refractivity contribution in [3.8, 4) is 22.8 Å². The molecule has 1 saturated heterocycles. The van der Waals surface area contributed by atoms with Crippen molar-refractivity contribution < 1.29 is 13.9 Å². The molecule has 1 fully saturated rings. The first-order valence-electron chi connectivity index (χ1n) is 12.5. The Balaban J connectivity index is 1.67. The Bertz CT molecular complexity index is 1150. The Hall–Kier alpha value is -2.53. The molecule has 1 aliphatic heterocycles. The van der Waals surface area contributed by atoms with E-state index in [1.165, 1.54) is 0 Å². The minimum Gasteiger partial charge on any atom is -0.493 e. The van der Waals surface area contributed by atoms with Crippen LogP contribution in [0.3, 0.4) is 0 Å². The van der Waals surface area contributed by atoms with Crippen LogP contribution in [0.25, 0.3) is 22.2 Å². The van der Waals surface area contributed by atoms with Crippen molar-refractivity contribution >= 4 is 10.9 Å². The molecular formula is C29H39FN2O2. The van der Waals surface area contributed by atoms with Crippen LogP contribution < -0.4 is 9.47 Å². The van der Waals surface area contributed by atoms with Crippen molar-refractivity contribution in [3.63, 3.8) is 0 Å². The highest BCUT2D eigenvalue weighted by molar-refractivity contribution is 5.92. The van der Waals surface area contributed by atoms with Crippen LogP contribution in [0.1, 0.15) is 64.5 Å². The Kier molecular flexibility index (Phi) is 6.95. The summed E-state index contributed by atoms with van der Waals surface area (Å²) in [7, 11) is 3.26. The summed E-state index contributed by atoms with van der Waals surface area (Å²) in [6, 6.07) is 10.4. The number of aromatic amines is 1. The molecule has 1 unspecified atom stereocenters. The molecule has 0 radical (unpaired) electrons. The summed E-state index contributed by atoms with van der Waals surface area (Å²) in [6.45, 7) is 13.5. The zero-order valence-corrected chi connectivity index (χ0v) is 21.7. The number of likely N-dealkylation sites (tertiary alicyclic amines) is 1. The van der Waals surface area contributed by atoms with Crippen molar-refractivity contribution in [2.75, 3.05) is 27.3 Å². The van der Waals surface area contributed by atoms with E-state index in [-0.39, 0.29) is 11.2 Å². The highest BCUT2D eigenvalue weighted by atomic mass is 19.1. The lowest BCUT2D eigenvalue weighted by Gasteiger charge is -2.42. The number of hydrogen-bond acceptors (Lipinski definition) is 3. The molecule has 5 heteroatoms. The van der Waals surface area contributed by atoms with Gasteiger partial charge in [-0.25, -0.2) is 4.39 Å². The number of aryl methyl sites for hydroxylation is 1. The van der Waals surface area contributed by atoms with Crippen LogP contribution in [0.15, 0.2) is 30.3 Å². The van der Waals surface area contributed by atoms with E-state index in [9.17, 15) is 0 Å². The number of benzene rings is 2. The van der Waals surface area contributed by atoms with E-state index in [0.29, 0.717) is 29.0 Å². The molecule has 0 saturated carbocycles. The number of nitrogens with zero attached hydrogens (tertiary/aromatic N) is 1. The number of H-pyrrole nitrogens is 1. The van der Waals surface area contributed by atoms with Crippen LogP contribution >= 0.6 is 0 Å². The molecule has 2 aromatic carbocycles. The van der Waals surface area contributed by atoms with Crippen LogP contribution in [0.5, 0.6) is 11.5 Å². The predicted molar refractivity (Wildman–Crippen MR) is 139 cm³/mol. The quantitative estimate of drug-likeness (QED) is 0.418. The fourth-order valence-electron chi connectivity index (χ4n) is 5.34. The third-order valence-electron chi connectivity index (χ3n) is 7.82. The monoisotopic (exact) mass is 466 g/mol. The molecule has 1 N–H and O–H groups in total. The first-order chi connectivity index (χ1) is 16.2. The first kappa shape index (κ1) is 24.6. The van der Waals surface area contributed by atoms with E-state index in [1.54, 1.807) is 20.3 Å². The molecule has 184 valence electrons. The van der Waals surface area contributed by atoms with Crippen LogP contribution in [-0.4, -0.2) is 43.2 Å². The number of fused-ring (bicyclic) bond motifs is 1. The molecule has 0 aliphatic carbocycles. The number of methoxy groups -OCH3 is 2. The second-order valence-electron chi connectivity index (χ2n) is 10.7. The van der Waals surface area contributed by atoms with Gasteiger partial charge >= 0.3 is 0 Å². The number of piperidine rings is 1. The van der Waals surface area contributed by atoms with Gasteiger partial charge in [0.25, 0.3) is 0 Å². The summed E-state index contributed by atoms with van der Waals surface area (Å²) in [5, 5.41) is 0.993. The molecule has 34 heavy (non-hydrogen) atoms. The SMILES string of the molecule is CCc1c(-c2ccc(OC)c(OC)c2)[nH]c2c(F)cc(C3CCN(C(C)C(C)(C)C)CC3)cc12. The van der Waals surface area contributed by atoms with Crippen LogP contribution in [0, 0.1) is 11.2 Å². The molecule has 1 aromatic heterocycles. The molecule has 1 atom stereocenters. The second-order valence-corrected chi connectivity index (χ2v) is 10.7. The summed E-state index contributed by atoms with van der Waals surface area (Å²) in [6.07, 6.45) is 2.95. The summed E-state index contributed by atoms with van der Waals surface area (Å²) in [4.78, 5) is 5.97. The second kappa shape index (κ2) is 9.61. The van der Waals surface area contributed by atoms with Crippen LogP contribution in [0.4, 0.5) is 4.39 Å². The van der Waals surface area contributed by atoms with Gasteiger partial charge in [-0.2, -0.15) is 0 Å². The van der Waals surface area contributed by atoms with E-state index in [4.69, 9.17) is 9.47 Å². The molecule has 0 bridgehead atoms. The highest BCUT2D eigenvalue weighted by Gasteiger charge is 2.30. The van der Waals surface area contributed by atoms with Crippen molar-refractivity contribution in [1.82, 2.24) is 9.88 Å². The predicted octanol–water partition coefficient (Wildman–Crippen LogP) is 7.17. The fraction of sp³-hybridized carbons (Fsp3) is 0.517. The standard InChI is InChI=1S/C29H39FN2O2/c1-8-22-23-15-21(19-11-13-32(14-12-19)18(2)29(3,4)5)16-24(30)28(23)31-27(22)20-9-10-25(33-6)26(17-20)34-7/h9-10,15-19,31H,8,11-14H2,1-7H3. The maximum absolute atomic E-state index is 15.4. The molecule has 4 nitrogen and oxygen atoms in total. The average Bonchev–Trinajstić information content (AvgIpc) is 3.21. The maximum Gasteiger partial charge on any atom is 0.161 e. The van der Waals surface area contributed by atoms with Gasteiger partial charge in [-0.15, -0.1) is 0 Å². The third-order valence-corrected chi connectivity index (χ3v) is 7.82. The van der Waals surface area contributed by atoms with Gasteiger partial charge in [0.15, 0.2) is 11.5 Å². The minimum absolute atomic E-state index is 0.167. The van der Waals surface area contributed by atoms with Crippen molar-refractivity contribution in [1.29, 1.82) is 0 Å². The van der Waals surface area contributed by atoms with Crippen LogP contribution in [0.2, 0.25) is 0 Å². The third kappa shape index (κ3) is 4.55. The summed E-state index contributed by atoms with van der Waals surface area (Å²) in [5.41, 5.74) is 5.03. The molecule has 1 aliphatic rings. The van der Waals surface area contributed by atoms with Gasteiger partial charge in [0, 0.05) is 22.7 Å². The van der Waals surface area contributed by atoms with Gasteiger partial charge < -0.3 is 19.4 Å². The van der Waals surface area contributed by atoms with Crippen molar-refractivity contribution in [3.05, 3.63) is 47.3 Å². The zero-order chi connectivity index (χ0) is 24.6. The van der Waals surface area contributed by atoms with E-state index < -0.39 is 0 Å². The van der Waals surface area contributed by atoms with Gasteiger partial charge in [0.2, 0.25) is 0 Å². The highest BCUT2D eigenvalue weighted by Crippen LogP contribution is 2.39. The number of hydrogen-bond donors (Lipinski definition) is 1. The van der Waals surface area contributed by atoms with Gasteiger partial charge in [0.05, 0.1) is 19.7 Å². The number of rotatable bonds is 6. The van der Waals surface area contributed by atoms with Gasteiger partial charge in [-0.05, 0) is 92.1 Å². The van der Waals surface area contributed by atoms with E-state index in [1.807, 2.05) is 18.2 Å². The molecular weight excluding hydrogens is 427 g/mol. The smallest absolute Gasteiger partial charge is 0.161 e.